The Morgan fingerprint density at radius 1 is 1.08 bits per heavy atom. The molecule has 1 atom stereocenters. The summed E-state index contributed by atoms with van der Waals surface area (Å²) in [5.74, 6) is 0. The van der Waals surface area contributed by atoms with Gasteiger partial charge in [-0.3, -0.25) is 0 Å². The fourth-order valence-corrected chi connectivity index (χ4v) is 5.68. The molecule has 0 aromatic heterocycles. The maximum Gasteiger partial charge on any atom is 0.0528 e. The number of hydrogen-bond acceptors (Lipinski definition) is 0. The topological polar surface area (TPSA) is 0 Å². The first-order valence-corrected chi connectivity index (χ1v) is 8.50. The molecule has 74 valence electrons. The molecule has 0 amide bonds. The number of halogens is 1. The molecular formula is C10H23ClSi. The second-order valence-corrected chi connectivity index (χ2v) is 10.2. The van der Waals surface area contributed by atoms with Gasteiger partial charge in [-0.05, 0) is 13.3 Å². The molecule has 0 radical (unpaired) electrons. The molecule has 0 aromatic rings. The average molecular weight is 207 g/mol. The molecule has 0 aromatic carbocycles. The first kappa shape index (κ1) is 12.5. The Balaban J connectivity index is 3.93. The van der Waals surface area contributed by atoms with Crippen molar-refractivity contribution in [2.24, 2.45) is 0 Å². The van der Waals surface area contributed by atoms with Gasteiger partial charge in [0.15, 0.2) is 0 Å². The zero-order valence-corrected chi connectivity index (χ0v) is 10.7. The van der Waals surface area contributed by atoms with Crippen LogP contribution < -0.4 is 0 Å². The van der Waals surface area contributed by atoms with E-state index in [0.717, 1.165) is 0 Å². The van der Waals surface area contributed by atoms with Gasteiger partial charge in [-0.2, -0.15) is 0 Å². The van der Waals surface area contributed by atoms with E-state index in [2.05, 4.69) is 27.7 Å². The fourth-order valence-electron chi connectivity index (χ4n) is 1.79. The summed E-state index contributed by atoms with van der Waals surface area (Å²) in [4.78, 5) is 0. The van der Waals surface area contributed by atoms with Crippen LogP contribution in [0.4, 0.5) is 0 Å². The van der Waals surface area contributed by atoms with Gasteiger partial charge in [0, 0.05) is 5.38 Å². The van der Waals surface area contributed by atoms with Crippen LogP contribution in [0, 0.1) is 0 Å². The van der Waals surface area contributed by atoms with E-state index in [-0.39, 0.29) is 0 Å². The van der Waals surface area contributed by atoms with Crippen LogP contribution in [0.15, 0.2) is 0 Å². The van der Waals surface area contributed by atoms with Crippen molar-refractivity contribution in [3.63, 3.8) is 0 Å². The predicted molar refractivity (Wildman–Crippen MR) is 61.9 cm³/mol. The molecular weight excluding hydrogens is 184 g/mol. The highest BCUT2D eigenvalue weighted by molar-refractivity contribution is 6.79. The van der Waals surface area contributed by atoms with Crippen LogP contribution in [0.1, 0.15) is 34.1 Å². The minimum Gasteiger partial charge on any atom is -0.123 e. The molecule has 0 rings (SSSR count). The van der Waals surface area contributed by atoms with Crippen LogP contribution in [-0.2, 0) is 0 Å². The molecule has 0 fully saturated rings. The maximum absolute atomic E-state index is 5.98. The summed E-state index contributed by atoms with van der Waals surface area (Å²) in [5, 5.41) is 0.376. The van der Waals surface area contributed by atoms with E-state index < -0.39 is 8.07 Å². The Kier molecular flexibility index (Phi) is 6.29. The molecule has 0 aliphatic rings. The van der Waals surface area contributed by atoms with Crippen molar-refractivity contribution in [1.29, 1.82) is 0 Å². The first-order chi connectivity index (χ1) is 5.60. The fraction of sp³-hybridized carbons (Fsp3) is 1.00. The Labute approximate surface area is 83.7 Å². The molecule has 0 aliphatic heterocycles. The molecule has 1 unspecified atom stereocenters. The molecule has 0 heterocycles. The minimum absolute atomic E-state index is 0.376. The zero-order valence-electron chi connectivity index (χ0n) is 8.99. The van der Waals surface area contributed by atoms with Crippen molar-refractivity contribution in [3.8, 4) is 0 Å². The monoisotopic (exact) mass is 206 g/mol. The molecule has 0 nitrogen and oxygen atoms in total. The van der Waals surface area contributed by atoms with Gasteiger partial charge < -0.3 is 0 Å². The van der Waals surface area contributed by atoms with Gasteiger partial charge in [0.05, 0.1) is 8.07 Å². The lowest BCUT2D eigenvalue weighted by Gasteiger charge is -2.28. The highest BCUT2D eigenvalue weighted by Crippen LogP contribution is 2.27. The highest BCUT2D eigenvalue weighted by Gasteiger charge is 2.26. The van der Waals surface area contributed by atoms with Gasteiger partial charge in [-0.1, -0.05) is 44.9 Å². The standard InChI is InChI=1S/C10H23ClSi/c1-5-12(6-2,7-3)9-8-10(4)11/h10H,5-9H2,1-4H3. The molecule has 2 heteroatoms. The van der Waals surface area contributed by atoms with Crippen molar-refractivity contribution in [1.82, 2.24) is 0 Å². The van der Waals surface area contributed by atoms with Crippen LogP contribution in [0.3, 0.4) is 0 Å². The first-order valence-electron chi connectivity index (χ1n) is 5.24. The summed E-state index contributed by atoms with van der Waals surface area (Å²) >= 11 is 5.98. The van der Waals surface area contributed by atoms with Crippen molar-refractivity contribution in [2.45, 2.75) is 63.7 Å². The van der Waals surface area contributed by atoms with E-state index in [1.54, 1.807) is 0 Å². The second kappa shape index (κ2) is 6.04. The lowest BCUT2D eigenvalue weighted by Crippen LogP contribution is -2.31. The third-order valence-electron chi connectivity index (χ3n) is 3.32. The lowest BCUT2D eigenvalue weighted by molar-refractivity contribution is 0.861. The SMILES string of the molecule is CC[Si](CC)(CC)CCC(C)Cl. The molecule has 0 aliphatic carbocycles. The van der Waals surface area contributed by atoms with Crippen LogP contribution in [-0.4, -0.2) is 13.5 Å². The van der Waals surface area contributed by atoms with Crippen molar-refractivity contribution in [2.75, 3.05) is 0 Å². The summed E-state index contributed by atoms with van der Waals surface area (Å²) in [6.07, 6.45) is 1.23. The van der Waals surface area contributed by atoms with Crippen LogP contribution >= 0.6 is 11.6 Å². The van der Waals surface area contributed by atoms with E-state index in [1.165, 1.54) is 30.6 Å². The largest absolute Gasteiger partial charge is 0.123 e. The smallest absolute Gasteiger partial charge is 0.0528 e. The van der Waals surface area contributed by atoms with Crippen LogP contribution in [0.2, 0.25) is 24.2 Å². The van der Waals surface area contributed by atoms with Gasteiger partial charge in [0.25, 0.3) is 0 Å². The van der Waals surface area contributed by atoms with Gasteiger partial charge in [-0.15, -0.1) is 11.6 Å². The van der Waals surface area contributed by atoms with Crippen molar-refractivity contribution < 1.29 is 0 Å². The van der Waals surface area contributed by atoms with E-state index in [9.17, 15) is 0 Å². The van der Waals surface area contributed by atoms with Gasteiger partial charge >= 0.3 is 0 Å². The Morgan fingerprint density at radius 3 is 1.75 bits per heavy atom. The van der Waals surface area contributed by atoms with Gasteiger partial charge in [0.2, 0.25) is 0 Å². The van der Waals surface area contributed by atoms with Crippen LogP contribution in [0.5, 0.6) is 0 Å². The molecule has 0 bridgehead atoms. The van der Waals surface area contributed by atoms with E-state index >= 15 is 0 Å². The quantitative estimate of drug-likeness (QED) is 0.443. The predicted octanol–water partition coefficient (Wildman–Crippen LogP) is 4.51. The maximum atomic E-state index is 5.98. The third-order valence-corrected chi connectivity index (χ3v) is 9.39. The van der Waals surface area contributed by atoms with Gasteiger partial charge in [0.1, 0.15) is 0 Å². The van der Waals surface area contributed by atoms with Crippen molar-refractivity contribution >= 4 is 19.7 Å². The number of rotatable bonds is 6. The van der Waals surface area contributed by atoms with E-state index in [1.807, 2.05) is 0 Å². The Morgan fingerprint density at radius 2 is 1.50 bits per heavy atom. The summed E-state index contributed by atoms with van der Waals surface area (Å²) < 4.78 is 0. The summed E-state index contributed by atoms with van der Waals surface area (Å²) in [5.41, 5.74) is 0. The average Bonchev–Trinajstić information content (AvgIpc) is 2.08. The molecule has 0 N–H and O–H groups in total. The van der Waals surface area contributed by atoms with E-state index in [4.69, 9.17) is 11.6 Å². The third kappa shape index (κ3) is 3.95. The zero-order chi connectivity index (χ0) is 9.61. The summed E-state index contributed by atoms with van der Waals surface area (Å²) in [6, 6.07) is 5.73. The second-order valence-electron chi connectivity index (χ2n) is 3.88. The molecule has 0 saturated carbocycles. The summed E-state index contributed by atoms with van der Waals surface area (Å²) in [6.45, 7) is 9.19. The lowest BCUT2D eigenvalue weighted by atomic mass is 10.4. The molecule has 12 heavy (non-hydrogen) atoms. The molecule has 0 spiro atoms. The number of hydrogen-bond donors (Lipinski definition) is 0. The minimum atomic E-state index is -0.865. The van der Waals surface area contributed by atoms with Gasteiger partial charge in [-0.25, -0.2) is 0 Å². The Hall–Kier alpha value is 0.507. The summed E-state index contributed by atoms with van der Waals surface area (Å²) in [7, 11) is -0.865. The normalized spacial score (nSPS) is 14.8. The van der Waals surface area contributed by atoms with Crippen molar-refractivity contribution in [3.05, 3.63) is 0 Å². The molecule has 0 saturated heterocycles. The highest BCUT2D eigenvalue weighted by atomic mass is 35.5. The number of alkyl halides is 1. The Bertz CT molecular complexity index is 100. The van der Waals surface area contributed by atoms with E-state index in [0.29, 0.717) is 5.38 Å². The van der Waals surface area contributed by atoms with Crippen LogP contribution in [0.25, 0.3) is 0 Å².